The first kappa shape index (κ1) is 11.6. The Morgan fingerprint density at radius 2 is 2.19 bits per heavy atom. The minimum atomic E-state index is 0.263. The third kappa shape index (κ3) is 2.83. The van der Waals surface area contributed by atoms with Crippen molar-refractivity contribution in [2.45, 2.75) is 25.9 Å². The first-order valence-electron chi connectivity index (χ1n) is 6.29. The molecular weight excluding hydrogens is 198 g/mol. The van der Waals surface area contributed by atoms with Gasteiger partial charge in [-0.05, 0) is 31.9 Å². The maximum atomic E-state index is 5.93. The maximum Gasteiger partial charge on any atom is 0.0865 e. The van der Waals surface area contributed by atoms with Crippen LogP contribution in [0.4, 0.5) is 0 Å². The Hall–Kier alpha value is -0.860. The molecule has 0 aromatic heterocycles. The van der Waals surface area contributed by atoms with Gasteiger partial charge in [0.05, 0.1) is 6.10 Å². The van der Waals surface area contributed by atoms with Crippen LogP contribution in [0, 0.1) is 5.92 Å². The molecule has 1 N–H and O–H groups in total. The number of piperidine rings is 1. The van der Waals surface area contributed by atoms with Crippen molar-refractivity contribution in [3.63, 3.8) is 0 Å². The van der Waals surface area contributed by atoms with Crippen LogP contribution in [0.15, 0.2) is 30.3 Å². The highest BCUT2D eigenvalue weighted by molar-refractivity contribution is 5.18. The SMILES string of the molecule is CCO[C@H](c1ccccc1)[C@H]1CCCNC1. The van der Waals surface area contributed by atoms with Gasteiger partial charge in [0.25, 0.3) is 0 Å². The zero-order valence-corrected chi connectivity index (χ0v) is 9.99. The van der Waals surface area contributed by atoms with Crippen molar-refractivity contribution in [3.05, 3.63) is 35.9 Å². The van der Waals surface area contributed by atoms with Gasteiger partial charge in [0.2, 0.25) is 0 Å². The topological polar surface area (TPSA) is 21.3 Å². The summed E-state index contributed by atoms with van der Waals surface area (Å²) in [4.78, 5) is 0. The summed E-state index contributed by atoms with van der Waals surface area (Å²) in [5, 5.41) is 3.46. The lowest BCUT2D eigenvalue weighted by molar-refractivity contribution is 0.0103. The summed E-state index contributed by atoms with van der Waals surface area (Å²) in [5.41, 5.74) is 1.32. The summed E-state index contributed by atoms with van der Waals surface area (Å²) < 4.78 is 5.93. The number of benzene rings is 1. The van der Waals surface area contributed by atoms with Crippen molar-refractivity contribution < 1.29 is 4.74 Å². The Kier molecular flexibility index (Phi) is 4.37. The lowest BCUT2D eigenvalue weighted by Crippen LogP contribution is -2.34. The second kappa shape index (κ2) is 6.02. The van der Waals surface area contributed by atoms with Crippen LogP contribution < -0.4 is 5.32 Å². The molecule has 1 aliphatic heterocycles. The molecule has 88 valence electrons. The van der Waals surface area contributed by atoms with Crippen LogP contribution in [0.1, 0.15) is 31.4 Å². The van der Waals surface area contributed by atoms with E-state index in [2.05, 4.69) is 42.6 Å². The van der Waals surface area contributed by atoms with Gasteiger partial charge in [-0.15, -0.1) is 0 Å². The summed E-state index contributed by atoms with van der Waals surface area (Å²) in [6.07, 6.45) is 2.80. The maximum absolute atomic E-state index is 5.93. The van der Waals surface area contributed by atoms with Crippen molar-refractivity contribution in [2.24, 2.45) is 5.92 Å². The second-order valence-corrected chi connectivity index (χ2v) is 4.39. The van der Waals surface area contributed by atoms with Crippen LogP contribution in [0.5, 0.6) is 0 Å². The van der Waals surface area contributed by atoms with Gasteiger partial charge in [-0.3, -0.25) is 0 Å². The molecule has 1 saturated heterocycles. The smallest absolute Gasteiger partial charge is 0.0865 e. The number of hydrogen-bond acceptors (Lipinski definition) is 2. The molecule has 2 atom stereocenters. The first-order chi connectivity index (χ1) is 7.92. The van der Waals surface area contributed by atoms with E-state index >= 15 is 0 Å². The van der Waals surface area contributed by atoms with E-state index in [9.17, 15) is 0 Å². The molecule has 2 rings (SSSR count). The molecule has 16 heavy (non-hydrogen) atoms. The van der Waals surface area contributed by atoms with Gasteiger partial charge in [-0.2, -0.15) is 0 Å². The Bertz CT molecular complexity index is 293. The fraction of sp³-hybridized carbons (Fsp3) is 0.571. The van der Waals surface area contributed by atoms with Gasteiger partial charge in [-0.1, -0.05) is 30.3 Å². The van der Waals surface area contributed by atoms with Crippen molar-refractivity contribution in [1.82, 2.24) is 5.32 Å². The zero-order chi connectivity index (χ0) is 11.2. The quantitative estimate of drug-likeness (QED) is 0.840. The molecule has 0 saturated carbocycles. The molecule has 1 aromatic rings. The predicted octanol–water partition coefficient (Wildman–Crippen LogP) is 2.76. The fourth-order valence-corrected chi connectivity index (χ4v) is 2.46. The Morgan fingerprint density at radius 1 is 1.38 bits per heavy atom. The average Bonchev–Trinajstić information content (AvgIpc) is 2.38. The third-order valence-corrected chi connectivity index (χ3v) is 3.24. The molecule has 1 aromatic carbocycles. The number of hydrogen-bond donors (Lipinski definition) is 1. The van der Waals surface area contributed by atoms with E-state index in [0.29, 0.717) is 5.92 Å². The highest BCUT2D eigenvalue weighted by Crippen LogP contribution is 2.30. The molecule has 0 spiro atoms. The highest BCUT2D eigenvalue weighted by Gasteiger charge is 2.24. The minimum absolute atomic E-state index is 0.263. The summed E-state index contributed by atoms with van der Waals surface area (Å²) >= 11 is 0. The van der Waals surface area contributed by atoms with Gasteiger partial charge in [0.1, 0.15) is 0 Å². The van der Waals surface area contributed by atoms with E-state index in [1.807, 2.05) is 0 Å². The van der Waals surface area contributed by atoms with Crippen LogP contribution in [-0.2, 0) is 4.74 Å². The molecule has 0 amide bonds. The molecule has 1 aliphatic rings. The van der Waals surface area contributed by atoms with Crippen molar-refractivity contribution in [3.8, 4) is 0 Å². The van der Waals surface area contributed by atoms with E-state index in [0.717, 1.165) is 19.7 Å². The summed E-state index contributed by atoms with van der Waals surface area (Å²) in [6, 6.07) is 10.6. The average molecular weight is 219 g/mol. The minimum Gasteiger partial charge on any atom is -0.373 e. The molecule has 2 heteroatoms. The molecule has 0 radical (unpaired) electrons. The number of ether oxygens (including phenoxy) is 1. The van der Waals surface area contributed by atoms with E-state index in [1.54, 1.807) is 0 Å². The van der Waals surface area contributed by atoms with E-state index in [-0.39, 0.29) is 6.10 Å². The Labute approximate surface area is 98.0 Å². The van der Waals surface area contributed by atoms with Gasteiger partial charge in [0.15, 0.2) is 0 Å². The van der Waals surface area contributed by atoms with Gasteiger partial charge in [-0.25, -0.2) is 0 Å². The zero-order valence-electron chi connectivity index (χ0n) is 9.99. The van der Waals surface area contributed by atoms with E-state index < -0.39 is 0 Å². The van der Waals surface area contributed by atoms with Crippen LogP contribution in [0.25, 0.3) is 0 Å². The second-order valence-electron chi connectivity index (χ2n) is 4.39. The van der Waals surface area contributed by atoms with Gasteiger partial charge >= 0.3 is 0 Å². The van der Waals surface area contributed by atoms with E-state index in [1.165, 1.54) is 18.4 Å². The molecule has 2 nitrogen and oxygen atoms in total. The molecule has 0 unspecified atom stereocenters. The summed E-state index contributed by atoms with van der Waals surface area (Å²) in [7, 11) is 0. The van der Waals surface area contributed by atoms with Crippen molar-refractivity contribution in [2.75, 3.05) is 19.7 Å². The van der Waals surface area contributed by atoms with Crippen LogP contribution in [0.3, 0.4) is 0 Å². The highest BCUT2D eigenvalue weighted by atomic mass is 16.5. The van der Waals surface area contributed by atoms with Gasteiger partial charge < -0.3 is 10.1 Å². The third-order valence-electron chi connectivity index (χ3n) is 3.24. The van der Waals surface area contributed by atoms with Gasteiger partial charge in [0, 0.05) is 19.1 Å². The monoisotopic (exact) mass is 219 g/mol. The van der Waals surface area contributed by atoms with E-state index in [4.69, 9.17) is 4.74 Å². The van der Waals surface area contributed by atoms with Crippen molar-refractivity contribution >= 4 is 0 Å². The molecule has 0 aliphatic carbocycles. The molecule has 1 heterocycles. The number of rotatable bonds is 4. The first-order valence-corrected chi connectivity index (χ1v) is 6.29. The lowest BCUT2D eigenvalue weighted by Gasteiger charge is -2.30. The predicted molar refractivity (Wildman–Crippen MR) is 66.4 cm³/mol. The fourth-order valence-electron chi connectivity index (χ4n) is 2.46. The standard InChI is InChI=1S/C14H21NO/c1-2-16-14(12-7-4-3-5-8-12)13-9-6-10-15-11-13/h3-5,7-8,13-15H,2,6,9-11H2,1H3/t13-,14+/m0/s1. The summed E-state index contributed by atoms with van der Waals surface area (Å²) in [5.74, 6) is 0.621. The Morgan fingerprint density at radius 3 is 2.81 bits per heavy atom. The van der Waals surface area contributed by atoms with Crippen LogP contribution in [-0.4, -0.2) is 19.7 Å². The van der Waals surface area contributed by atoms with Crippen LogP contribution in [0.2, 0.25) is 0 Å². The number of nitrogens with one attached hydrogen (secondary N) is 1. The molecular formula is C14H21NO. The summed E-state index contributed by atoms with van der Waals surface area (Å²) in [6.45, 7) is 5.10. The molecule has 0 bridgehead atoms. The van der Waals surface area contributed by atoms with Crippen LogP contribution >= 0.6 is 0 Å². The van der Waals surface area contributed by atoms with Crippen molar-refractivity contribution in [1.29, 1.82) is 0 Å². The normalized spacial score (nSPS) is 22.9. The largest absolute Gasteiger partial charge is 0.373 e. The Balaban J connectivity index is 2.09. The molecule has 1 fully saturated rings. The lowest BCUT2D eigenvalue weighted by atomic mass is 9.89.